The minimum Gasteiger partial charge on any atom is -0.507 e. The minimum absolute atomic E-state index is 0.119. The third-order valence-electron chi connectivity index (χ3n) is 7.73. The van der Waals surface area contributed by atoms with Crippen molar-refractivity contribution in [3.05, 3.63) is 88.7 Å². The molecule has 0 spiro atoms. The molecule has 48 heavy (non-hydrogen) atoms. The fourth-order valence-electron chi connectivity index (χ4n) is 5.39. The van der Waals surface area contributed by atoms with E-state index in [4.69, 9.17) is 18.9 Å². The molecule has 1 saturated heterocycles. The number of aliphatic hydroxyl groups is 1. The van der Waals surface area contributed by atoms with Gasteiger partial charge in [-0.25, -0.2) is 4.39 Å². The molecule has 1 fully saturated rings. The molecule has 1 aromatic heterocycles. The zero-order valence-electron chi connectivity index (χ0n) is 26.4. The van der Waals surface area contributed by atoms with Crippen LogP contribution >= 0.6 is 23.1 Å². The second-order valence-corrected chi connectivity index (χ2v) is 13.2. The summed E-state index contributed by atoms with van der Waals surface area (Å²) in [4.78, 5) is 28.9. The number of nitrogens with zero attached hydrogens (tertiary/aromatic N) is 3. The van der Waals surface area contributed by atoms with Gasteiger partial charge in [0, 0.05) is 11.3 Å². The normalized spacial score (nSPS) is 16.7. The Kier molecular flexibility index (Phi) is 10.5. The summed E-state index contributed by atoms with van der Waals surface area (Å²) < 4.78 is 37.2. The van der Waals surface area contributed by atoms with Crippen LogP contribution < -0.4 is 23.8 Å². The zero-order chi connectivity index (χ0) is 33.6. The Labute approximate surface area is 285 Å². The Hall–Kier alpha value is -4.62. The van der Waals surface area contributed by atoms with E-state index in [9.17, 15) is 19.1 Å². The van der Waals surface area contributed by atoms with Gasteiger partial charge in [0.15, 0.2) is 27.3 Å². The van der Waals surface area contributed by atoms with E-state index in [0.717, 1.165) is 36.2 Å². The molecule has 0 saturated carbocycles. The summed E-state index contributed by atoms with van der Waals surface area (Å²) in [7, 11) is 0. The first-order chi connectivity index (χ1) is 23.4. The first kappa shape index (κ1) is 33.3. The van der Waals surface area contributed by atoms with Crippen LogP contribution in [0.4, 0.5) is 9.52 Å². The molecule has 1 N–H and O–H groups in total. The van der Waals surface area contributed by atoms with Crippen LogP contribution in [-0.2, 0) is 15.3 Å². The Bertz CT molecular complexity index is 1830. The van der Waals surface area contributed by atoms with E-state index >= 15 is 0 Å². The average Bonchev–Trinajstić information content (AvgIpc) is 3.68. The summed E-state index contributed by atoms with van der Waals surface area (Å²) in [5, 5.41) is 20.4. The number of halogens is 1. The average molecular weight is 692 g/mol. The van der Waals surface area contributed by atoms with Gasteiger partial charge in [0.1, 0.15) is 24.8 Å². The van der Waals surface area contributed by atoms with E-state index in [0.29, 0.717) is 65.1 Å². The molecule has 0 radical (unpaired) electrons. The molecule has 2 aliphatic rings. The largest absolute Gasteiger partial charge is 0.507 e. The lowest BCUT2D eigenvalue weighted by Crippen LogP contribution is -2.29. The molecule has 10 nitrogen and oxygen atoms in total. The van der Waals surface area contributed by atoms with Gasteiger partial charge in [-0.2, -0.15) is 0 Å². The number of ketones is 1. The van der Waals surface area contributed by atoms with E-state index < -0.39 is 17.7 Å². The number of amides is 1. The lowest BCUT2D eigenvalue weighted by Gasteiger charge is -2.24. The summed E-state index contributed by atoms with van der Waals surface area (Å²) in [6.07, 6.45) is 2.97. The number of unbranched alkanes of at least 4 members (excludes halogenated alkanes) is 2. The molecule has 3 aromatic carbocycles. The number of ether oxygens (including phenoxy) is 4. The highest BCUT2D eigenvalue weighted by molar-refractivity contribution is 8.00. The summed E-state index contributed by atoms with van der Waals surface area (Å²) in [6, 6.07) is 15.2. The van der Waals surface area contributed by atoms with Crippen LogP contribution in [0.15, 0.2) is 70.6 Å². The number of hydrogen-bond acceptors (Lipinski definition) is 11. The molecule has 250 valence electrons. The molecule has 1 atom stereocenters. The van der Waals surface area contributed by atoms with Gasteiger partial charge in [0.25, 0.3) is 5.78 Å². The van der Waals surface area contributed by atoms with Gasteiger partial charge < -0.3 is 24.1 Å². The van der Waals surface area contributed by atoms with Gasteiger partial charge >= 0.3 is 5.91 Å². The lowest BCUT2D eigenvalue weighted by atomic mass is 9.95. The van der Waals surface area contributed by atoms with Crippen molar-refractivity contribution in [3.63, 3.8) is 0 Å². The Balaban J connectivity index is 1.40. The number of aromatic nitrogens is 2. The highest BCUT2D eigenvalue weighted by Gasteiger charge is 2.48. The SMILES string of the molecule is CCCCCOc1ccc([C@@H]2C(=C(O)c3ccc4c(c3)OCCO4)C(=O)C(=O)N2c2nnc(SCc3ccc(F)cc3)s2)cc1OCC. The molecule has 0 bridgehead atoms. The summed E-state index contributed by atoms with van der Waals surface area (Å²) in [5.41, 5.74) is 1.56. The molecule has 13 heteroatoms. The van der Waals surface area contributed by atoms with Crippen molar-refractivity contribution in [1.82, 2.24) is 10.2 Å². The molecule has 3 heterocycles. The van der Waals surface area contributed by atoms with Crippen molar-refractivity contribution in [1.29, 1.82) is 0 Å². The molecule has 4 aromatic rings. The van der Waals surface area contributed by atoms with Gasteiger partial charge in [0.05, 0.1) is 24.8 Å². The first-order valence-corrected chi connectivity index (χ1v) is 17.5. The number of aliphatic hydroxyl groups excluding tert-OH is 1. The summed E-state index contributed by atoms with van der Waals surface area (Å²) >= 11 is 2.51. The summed E-state index contributed by atoms with van der Waals surface area (Å²) in [5.74, 6) is 0.00236. The third kappa shape index (κ3) is 7.12. The Morgan fingerprint density at radius 3 is 2.54 bits per heavy atom. The molecular formula is C35H34FN3O7S2. The van der Waals surface area contributed by atoms with Crippen molar-refractivity contribution in [3.8, 4) is 23.0 Å². The van der Waals surface area contributed by atoms with E-state index in [1.165, 1.54) is 28.8 Å². The van der Waals surface area contributed by atoms with Crippen LogP contribution in [0.2, 0.25) is 0 Å². The smallest absolute Gasteiger partial charge is 0.301 e. The Morgan fingerprint density at radius 1 is 0.979 bits per heavy atom. The van der Waals surface area contributed by atoms with Gasteiger partial charge in [0.2, 0.25) is 5.13 Å². The third-order valence-corrected chi connectivity index (χ3v) is 9.85. The van der Waals surface area contributed by atoms with E-state index in [2.05, 4.69) is 17.1 Å². The van der Waals surface area contributed by atoms with Crippen LogP contribution in [-0.4, -0.2) is 53.4 Å². The van der Waals surface area contributed by atoms with Crippen LogP contribution in [0.25, 0.3) is 5.76 Å². The molecule has 2 aliphatic heterocycles. The predicted octanol–water partition coefficient (Wildman–Crippen LogP) is 7.33. The summed E-state index contributed by atoms with van der Waals surface area (Å²) in [6.45, 7) is 5.58. The number of fused-ring (bicyclic) bond motifs is 1. The quantitative estimate of drug-likeness (QED) is 0.0381. The number of anilines is 1. The number of thioether (sulfide) groups is 1. The number of hydrogen-bond donors (Lipinski definition) is 1. The lowest BCUT2D eigenvalue weighted by molar-refractivity contribution is -0.132. The minimum atomic E-state index is -1.06. The zero-order valence-corrected chi connectivity index (χ0v) is 28.1. The van der Waals surface area contributed by atoms with E-state index in [-0.39, 0.29) is 27.8 Å². The Morgan fingerprint density at radius 2 is 1.77 bits per heavy atom. The van der Waals surface area contributed by atoms with Crippen molar-refractivity contribution >= 4 is 45.7 Å². The standard InChI is InChI=1S/C35H34FN3O7S2/c1-3-5-6-15-44-25-13-9-22(18-27(25)43-4-2)30-29(31(40)23-10-14-26-28(19-23)46-17-16-45-26)32(41)33(42)39(30)34-37-38-35(48-34)47-20-21-7-11-24(36)12-8-21/h7-14,18-19,30,40H,3-6,15-17,20H2,1-2H3/t30-/m1/s1. The maximum atomic E-state index is 13.8. The number of rotatable bonds is 13. The molecule has 6 rings (SSSR count). The number of carbonyl (C=O) groups is 2. The van der Waals surface area contributed by atoms with E-state index in [1.54, 1.807) is 48.5 Å². The van der Waals surface area contributed by atoms with Crippen molar-refractivity contribution in [2.75, 3.05) is 31.3 Å². The number of benzene rings is 3. The first-order valence-electron chi connectivity index (χ1n) is 15.7. The van der Waals surface area contributed by atoms with Crippen LogP contribution in [0, 0.1) is 5.82 Å². The van der Waals surface area contributed by atoms with Gasteiger partial charge in [-0.15, -0.1) is 10.2 Å². The van der Waals surface area contributed by atoms with Crippen molar-refractivity contribution < 1.29 is 38.0 Å². The molecule has 1 amide bonds. The van der Waals surface area contributed by atoms with E-state index in [1.807, 2.05) is 6.92 Å². The number of carbonyl (C=O) groups excluding carboxylic acids is 2. The maximum Gasteiger partial charge on any atom is 0.301 e. The van der Waals surface area contributed by atoms with Crippen LogP contribution in [0.1, 0.15) is 55.8 Å². The molecule has 0 aliphatic carbocycles. The molecule has 0 unspecified atom stereocenters. The fraction of sp³-hybridized carbons (Fsp3) is 0.314. The van der Waals surface area contributed by atoms with Crippen LogP contribution in [0.3, 0.4) is 0 Å². The number of Topliss-reactive ketones (excluding diaryl/α,β-unsaturated/α-hetero) is 1. The highest BCUT2D eigenvalue weighted by atomic mass is 32.2. The van der Waals surface area contributed by atoms with Crippen molar-refractivity contribution in [2.24, 2.45) is 0 Å². The topological polar surface area (TPSA) is 120 Å². The highest BCUT2D eigenvalue weighted by Crippen LogP contribution is 2.46. The van der Waals surface area contributed by atoms with Crippen LogP contribution in [0.5, 0.6) is 23.0 Å². The monoisotopic (exact) mass is 691 g/mol. The second-order valence-electron chi connectivity index (χ2n) is 11.0. The van der Waals surface area contributed by atoms with Gasteiger partial charge in [-0.05, 0) is 66.9 Å². The molecular weight excluding hydrogens is 658 g/mol. The predicted molar refractivity (Wildman–Crippen MR) is 181 cm³/mol. The van der Waals surface area contributed by atoms with Gasteiger partial charge in [-0.3, -0.25) is 14.5 Å². The second kappa shape index (κ2) is 15.1. The maximum absolute atomic E-state index is 13.8. The van der Waals surface area contributed by atoms with Crippen molar-refractivity contribution in [2.45, 2.75) is 49.2 Å². The fourth-order valence-corrected chi connectivity index (χ4v) is 7.22. The van der Waals surface area contributed by atoms with Gasteiger partial charge in [-0.1, -0.05) is 61.1 Å².